The number of aryl methyl sites for hydroxylation is 1. The van der Waals surface area contributed by atoms with Gasteiger partial charge in [-0.3, -0.25) is 4.79 Å². The predicted molar refractivity (Wildman–Crippen MR) is 54.9 cm³/mol. The van der Waals surface area contributed by atoms with Crippen molar-refractivity contribution in [3.63, 3.8) is 0 Å². The molecule has 0 N–H and O–H groups in total. The van der Waals surface area contributed by atoms with Crippen LogP contribution in [0.3, 0.4) is 0 Å². The van der Waals surface area contributed by atoms with Crippen LogP contribution in [-0.2, 0) is 13.7 Å². The second-order valence-corrected chi connectivity index (χ2v) is 3.29. The van der Waals surface area contributed by atoms with Gasteiger partial charge < -0.3 is 4.74 Å². The number of carbonyl (C=O) groups is 1. The summed E-state index contributed by atoms with van der Waals surface area (Å²) in [7, 11) is 1.62. The summed E-state index contributed by atoms with van der Waals surface area (Å²) >= 11 is 0. The third-order valence-electron chi connectivity index (χ3n) is 2.00. The molecule has 0 bridgehead atoms. The zero-order valence-corrected chi connectivity index (χ0v) is 9.00. The molecule has 0 fully saturated rings. The van der Waals surface area contributed by atoms with E-state index in [0.29, 0.717) is 12.1 Å². The zero-order chi connectivity index (χ0) is 12.3. The van der Waals surface area contributed by atoms with E-state index >= 15 is 0 Å². The van der Waals surface area contributed by atoms with Crippen LogP contribution in [0.25, 0.3) is 0 Å². The molecule has 0 aliphatic heterocycles. The highest BCUT2D eigenvalue weighted by Crippen LogP contribution is 2.18. The number of aromatic nitrogens is 4. The second-order valence-electron chi connectivity index (χ2n) is 3.29. The monoisotopic (exact) mass is 236 g/mol. The van der Waals surface area contributed by atoms with Crippen molar-refractivity contribution < 1.29 is 13.9 Å². The summed E-state index contributed by atoms with van der Waals surface area (Å²) in [4.78, 5) is 11.7. The molecule has 88 valence electrons. The van der Waals surface area contributed by atoms with Crippen LogP contribution in [0.4, 0.5) is 4.39 Å². The molecule has 0 aliphatic rings. The Morgan fingerprint density at radius 2 is 2.35 bits per heavy atom. The summed E-state index contributed by atoms with van der Waals surface area (Å²) in [6.45, 7) is 0.0190. The molecule has 0 spiro atoms. The normalized spacial score (nSPS) is 10.2. The molecule has 0 saturated heterocycles. The molecule has 1 heterocycles. The maximum atomic E-state index is 13.4. The van der Waals surface area contributed by atoms with Gasteiger partial charge in [-0.25, -0.2) is 4.39 Å². The average Bonchev–Trinajstić information content (AvgIpc) is 2.73. The van der Waals surface area contributed by atoms with Gasteiger partial charge in [0.1, 0.15) is 6.29 Å². The summed E-state index contributed by atoms with van der Waals surface area (Å²) < 4.78 is 18.6. The molecular formula is C10H9FN4O2. The van der Waals surface area contributed by atoms with E-state index in [1.165, 1.54) is 16.9 Å². The van der Waals surface area contributed by atoms with Gasteiger partial charge in [0, 0.05) is 5.56 Å². The number of benzene rings is 1. The second kappa shape index (κ2) is 4.69. The van der Waals surface area contributed by atoms with Crippen LogP contribution >= 0.6 is 0 Å². The highest BCUT2D eigenvalue weighted by Gasteiger charge is 2.07. The van der Waals surface area contributed by atoms with Crippen LogP contribution in [0.2, 0.25) is 0 Å². The molecular weight excluding hydrogens is 227 g/mol. The fourth-order valence-electron chi connectivity index (χ4n) is 1.23. The molecule has 2 aromatic rings. The molecule has 1 aromatic heterocycles. The summed E-state index contributed by atoms with van der Waals surface area (Å²) in [6.07, 6.45) is 0.567. The maximum absolute atomic E-state index is 13.4. The van der Waals surface area contributed by atoms with E-state index < -0.39 is 5.82 Å². The first-order valence-corrected chi connectivity index (χ1v) is 4.79. The lowest BCUT2D eigenvalue weighted by Crippen LogP contribution is -2.01. The van der Waals surface area contributed by atoms with Gasteiger partial charge in [0.25, 0.3) is 0 Å². The minimum atomic E-state index is -0.599. The lowest BCUT2D eigenvalue weighted by molar-refractivity contribution is 0.112. The Bertz CT molecular complexity index is 541. The van der Waals surface area contributed by atoms with Crippen LogP contribution in [-0.4, -0.2) is 26.5 Å². The number of tetrazole rings is 1. The van der Waals surface area contributed by atoms with Gasteiger partial charge in [-0.1, -0.05) is 0 Å². The summed E-state index contributed by atoms with van der Waals surface area (Å²) in [5, 5.41) is 11.2. The molecule has 0 atom stereocenters. The number of nitrogens with zero attached hydrogens (tertiary/aromatic N) is 4. The maximum Gasteiger partial charge on any atom is 0.212 e. The molecule has 0 aliphatic carbocycles. The van der Waals surface area contributed by atoms with E-state index in [4.69, 9.17) is 4.74 Å². The van der Waals surface area contributed by atoms with E-state index in [9.17, 15) is 9.18 Å². The average molecular weight is 236 g/mol. The molecule has 2 rings (SSSR count). The van der Waals surface area contributed by atoms with Crippen molar-refractivity contribution in [1.82, 2.24) is 20.2 Å². The number of carbonyl (C=O) groups excluding carboxylic acids is 1. The van der Waals surface area contributed by atoms with Crippen molar-refractivity contribution in [2.24, 2.45) is 7.05 Å². The first-order chi connectivity index (χ1) is 8.19. The SMILES string of the molecule is Cn1nnc(COc2ccc(C=O)cc2F)n1. The van der Waals surface area contributed by atoms with Crippen molar-refractivity contribution in [1.29, 1.82) is 0 Å². The van der Waals surface area contributed by atoms with Crippen LogP contribution in [0, 0.1) is 5.82 Å². The van der Waals surface area contributed by atoms with Gasteiger partial charge in [-0.05, 0) is 23.4 Å². The number of ether oxygens (including phenoxy) is 1. The molecule has 17 heavy (non-hydrogen) atoms. The summed E-state index contributed by atoms with van der Waals surface area (Å²) in [5.74, 6) is -0.201. The topological polar surface area (TPSA) is 69.9 Å². The molecule has 0 radical (unpaired) electrons. The van der Waals surface area contributed by atoms with Crippen molar-refractivity contribution in [3.8, 4) is 5.75 Å². The van der Waals surface area contributed by atoms with Crippen molar-refractivity contribution in [2.45, 2.75) is 6.61 Å². The molecule has 6 nitrogen and oxygen atoms in total. The highest BCUT2D eigenvalue weighted by molar-refractivity contribution is 5.74. The van der Waals surface area contributed by atoms with E-state index in [2.05, 4.69) is 15.4 Å². The van der Waals surface area contributed by atoms with Crippen molar-refractivity contribution in [2.75, 3.05) is 0 Å². The standard InChI is InChI=1S/C10H9FN4O2/c1-15-13-10(12-14-15)6-17-9-3-2-7(5-16)4-8(9)11/h2-5H,6H2,1H3. The molecule has 1 aromatic carbocycles. The highest BCUT2D eigenvalue weighted by atomic mass is 19.1. The van der Waals surface area contributed by atoms with Crippen LogP contribution in [0.15, 0.2) is 18.2 Å². The van der Waals surface area contributed by atoms with E-state index in [0.717, 1.165) is 6.07 Å². The Labute approximate surface area is 96.0 Å². The van der Waals surface area contributed by atoms with Crippen molar-refractivity contribution in [3.05, 3.63) is 35.4 Å². The largest absolute Gasteiger partial charge is 0.482 e. The Balaban J connectivity index is 2.06. The predicted octanol–water partition coefficient (Wildman–Crippen LogP) is 0.741. The van der Waals surface area contributed by atoms with Crippen LogP contribution in [0.1, 0.15) is 16.2 Å². The first kappa shape index (κ1) is 11.2. The first-order valence-electron chi connectivity index (χ1n) is 4.79. The third-order valence-corrected chi connectivity index (χ3v) is 2.00. The van der Waals surface area contributed by atoms with Crippen LogP contribution in [0.5, 0.6) is 5.75 Å². The number of hydrogen-bond donors (Lipinski definition) is 0. The molecule has 0 amide bonds. The number of aldehydes is 1. The lowest BCUT2D eigenvalue weighted by atomic mass is 10.2. The van der Waals surface area contributed by atoms with Gasteiger partial charge in [0.2, 0.25) is 5.82 Å². The van der Waals surface area contributed by atoms with Gasteiger partial charge in [-0.15, -0.1) is 10.2 Å². The minimum Gasteiger partial charge on any atom is -0.482 e. The third kappa shape index (κ3) is 2.63. The quantitative estimate of drug-likeness (QED) is 0.732. The van der Waals surface area contributed by atoms with Crippen LogP contribution < -0.4 is 4.74 Å². The van der Waals surface area contributed by atoms with Gasteiger partial charge in [0.15, 0.2) is 18.2 Å². The number of rotatable bonds is 4. The van der Waals surface area contributed by atoms with E-state index in [1.807, 2.05) is 0 Å². The summed E-state index contributed by atoms with van der Waals surface area (Å²) in [6, 6.07) is 3.96. The lowest BCUT2D eigenvalue weighted by Gasteiger charge is -2.04. The molecule has 0 saturated carbocycles. The fourth-order valence-corrected chi connectivity index (χ4v) is 1.23. The Kier molecular flexibility index (Phi) is 3.08. The number of hydrogen-bond acceptors (Lipinski definition) is 5. The van der Waals surface area contributed by atoms with Gasteiger partial charge >= 0.3 is 0 Å². The molecule has 7 heteroatoms. The smallest absolute Gasteiger partial charge is 0.212 e. The fraction of sp³-hybridized carbons (Fsp3) is 0.200. The zero-order valence-electron chi connectivity index (χ0n) is 9.00. The van der Waals surface area contributed by atoms with Gasteiger partial charge in [0.05, 0.1) is 7.05 Å². The Morgan fingerprint density at radius 3 is 2.94 bits per heavy atom. The summed E-state index contributed by atoms with van der Waals surface area (Å²) in [5.41, 5.74) is 0.257. The molecule has 0 unspecified atom stereocenters. The Morgan fingerprint density at radius 1 is 1.53 bits per heavy atom. The van der Waals surface area contributed by atoms with Gasteiger partial charge in [-0.2, -0.15) is 4.80 Å². The van der Waals surface area contributed by atoms with E-state index in [-0.39, 0.29) is 17.9 Å². The van der Waals surface area contributed by atoms with E-state index in [1.54, 1.807) is 7.05 Å². The minimum absolute atomic E-state index is 0.0190. The number of halogens is 1. The van der Waals surface area contributed by atoms with Crippen molar-refractivity contribution >= 4 is 6.29 Å². The Hall–Kier alpha value is -2.31.